The third-order valence-electron chi connectivity index (χ3n) is 5.67. The molecule has 2 aliphatic carbocycles. The van der Waals surface area contributed by atoms with Crippen molar-refractivity contribution >= 4 is 23.2 Å². The Labute approximate surface area is 141 Å². The van der Waals surface area contributed by atoms with Crippen LogP contribution in [0.5, 0.6) is 5.75 Å². The van der Waals surface area contributed by atoms with E-state index >= 15 is 0 Å². The van der Waals surface area contributed by atoms with Crippen molar-refractivity contribution in [3.8, 4) is 5.75 Å². The van der Waals surface area contributed by atoms with Gasteiger partial charge in [-0.3, -0.25) is 9.59 Å². The van der Waals surface area contributed by atoms with E-state index in [1.54, 1.807) is 18.2 Å². The number of rotatable bonds is 2. The summed E-state index contributed by atoms with van der Waals surface area (Å²) in [6.45, 7) is 0.00821. The van der Waals surface area contributed by atoms with E-state index in [1.165, 1.54) is 6.42 Å². The van der Waals surface area contributed by atoms with Gasteiger partial charge in [-0.15, -0.1) is 0 Å². The number of carbonyl (C=O) groups excluding carboxylic acids is 2. The third kappa shape index (κ3) is 2.86. The summed E-state index contributed by atoms with van der Waals surface area (Å²) < 4.78 is 5.40. The van der Waals surface area contributed by atoms with Crippen LogP contribution in [0.3, 0.4) is 0 Å². The van der Waals surface area contributed by atoms with Crippen LogP contribution in [0.1, 0.15) is 32.1 Å². The summed E-state index contributed by atoms with van der Waals surface area (Å²) in [5.41, 5.74) is 7.65. The summed E-state index contributed by atoms with van der Waals surface area (Å²) in [7, 11) is 0. The molecule has 1 heterocycles. The van der Waals surface area contributed by atoms with Crippen LogP contribution in [-0.2, 0) is 9.59 Å². The van der Waals surface area contributed by atoms with Crippen LogP contribution in [0.4, 0.5) is 11.4 Å². The molecule has 0 aromatic heterocycles. The highest BCUT2D eigenvalue weighted by atomic mass is 16.5. The van der Waals surface area contributed by atoms with Crippen molar-refractivity contribution in [2.45, 2.75) is 38.1 Å². The minimum absolute atomic E-state index is 0.00821. The lowest BCUT2D eigenvalue weighted by atomic mass is 9.65. The van der Waals surface area contributed by atoms with Gasteiger partial charge in [0.05, 0.1) is 5.69 Å². The van der Waals surface area contributed by atoms with Crippen LogP contribution in [0.2, 0.25) is 0 Å². The molecule has 0 saturated heterocycles. The smallest absolute Gasteiger partial charge is 0.262 e. The zero-order valence-corrected chi connectivity index (χ0v) is 13.6. The summed E-state index contributed by atoms with van der Waals surface area (Å²) in [6.07, 6.45) is 5.31. The molecule has 2 bridgehead atoms. The van der Waals surface area contributed by atoms with E-state index in [4.69, 9.17) is 10.5 Å². The average Bonchev–Trinajstić information content (AvgIpc) is 2.54. The summed E-state index contributed by atoms with van der Waals surface area (Å²) in [5.74, 6) is 1.50. The molecule has 1 aromatic carbocycles. The Morgan fingerprint density at radius 2 is 2.00 bits per heavy atom. The molecule has 4 N–H and O–H groups in total. The van der Waals surface area contributed by atoms with Gasteiger partial charge in [0.15, 0.2) is 6.61 Å². The maximum absolute atomic E-state index is 12.7. The zero-order valence-electron chi connectivity index (χ0n) is 13.6. The normalized spacial score (nSPS) is 31.5. The van der Waals surface area contributed by atoms with Crippen molar-refractivity contribution in [3.05, 3.63) is 18.2 Å². The van der Waals surface area contributed by atoms with Crippen LogP contribution in [-0.4, -0.2) is 24.5 Å². The molecule has 2 atom stereocenters. The van der Waals surface area contributed by atoms with Gasteiger partial charge in [0.25, 0.3) is 5.91 Å². The van der Waals surface area contributed by atoms with E-state index < -0.39 is 0 Å². The van der Waals surface area contributed by atoms with Gasteiger partial charge >= 0.3 is 0 Å². The van der Waals surface area contributed by atoms with E-state index in [9.17, 15) is 9.59 Å². The number of benzene rings is 1. The van der Waals surface area contributed by atoms with Crippen molar-refractivity contribution in [3.63, 3.8) is 0 Å². The van der Waals surface area contributed by atoms with Crippen molar-refractivity contribution < 1.29 is 14.3 Å². The van der Waals surface area contributed by atoms with E-state index in [0.29, 0.717) is 29.0 Å². The Morgan fingerprint density at radius 3 is 2.75 bits per heavy atom. The van der Waals surface area contributed by atoms with Crippen molar-refractivity contribution in [1.29, 1.82) is 0 Å². The molecule has 6 nitrogen and oxygen atoms in total. The van der Waals surface area contributed by atoms with Gasteiger partial charge in [-0.1, -0.05) is 6.42 Å². The molecule has 1 aromatic rings. The van der Waals surface area contributed by atoms with Gasteiger partial charge in [0.1, 0.15) is 5.75 Å². The van der Waals surface area contributed by atoms with Crippen LogP contribution in [0.25, 0.3) is 0 Å². The number of nitrogens with two attached hydrogens (primary N) is 1. The lowest BCUT2D eigenvalue weighted by molar-refractivity contribution is -0.122. The van der Waals surface area contributed by atoms with Crippen molar-refractivity contribution in [2.75, 3.05) is 17.2 Å². The molecular formula is C18H23N3O3. The van der Waals surface area contributed by atoms with Gasteiger partial charge in [-0.2, -0.15) is 0 Å². The maximum Gasteiger partial charge on any atom is 0.262 e. The number of carbonyl (C=O) groups is 2. The Kier molecular flexibility index (Phi) is 3.92. The summed E-state index contributed by atoms with van der Waals surface area (Å²) >= 11 is 0. The van der Waals surface area contributed by atoms with Crippen molar-refractivity contribution in [2.24, 2.45) is 23.5 Å². The predicted molar refractivity (Wildman–Crippen MR) is 90.7 cm³/mol. The number of nitrogens with one attached hydrogen (secondary N) is 2. The Balaban J connectivity index is 1.44. The quantitative estimate of drug-likeness (QED) is 0.774. The largest absolute Gasteiger partial charge is 0.482 e. The van der Waals surface area contributed by atoms with Crippen LogP contribution >= 0.6 is 0 Å². The summed E-state index contributed by atoms with van der Waals surface area (Å²) in [6, 6.07) is 5.58. The van der Waals surface area contributed by atoms with E-state index in [1.807, 2.05) is 0 Å². The minimum Gasteiger partial charge on any atom is -0.482 e. The van der Waals surface area contributed by atoms with Gasteiger partial charge < -0.3 is 21.1 Å². The fourth-order valence-corrected chi connectivity index (χ4v) is 4.40. The number of hydrogen-bond acceptors (Lipinski definition) is 4. The number of ether oxygens (including phenoxy) is 1. The molecule has 6 heteroatoms. The second kappa shape index (κ2) is 6.09. The SMILES string of the molecule is NC1C2CCCC1CC(C(=O)Nc1ccc3c(c1)OCC(=O)N3)C2. The monoisotopic (exact) mass is 329 g/mol. The molecule has 2 unspecified atom stereocenters. The highest BCUT2D eigenvalue weighted by Gasteiger charge is 2.40. The molecule has 2 saturated carbocycles. The molecule has 2 amide bonds. The molecule has 3 aliphatic rings. The van der Waals surface area contributed by atoms with E-state index in [0.717, 1.165) is 25.7 Å². The Bertz CT molecular complexity index is 661. The Morgan fingerprint density at radius 1 is 1.25 bits per heavy atom. The van der Waals surface area contributed by atoms with Crippen LogP contribution in [0, 0.1) is 17.8 Å². The first-order valence-corrected chi connectivity index (χ1v) is 8.73. The highest BCUT2D eigenvalue weighted by molar-refractivity contribution is 5.97. The second-order valence-corrected chi connectivity index (χ2v) is 7.23. The maximum atomic E-state index is 12.7. The van der Waals surface area contributed by atoms with E-state index in [2.05, 4.69) is 10.6 Å². The van der Waals surface area contributed by atoms with E-state index in [-0.39, 0.29) is 30.4 Å². The summed E-state index contributed by atoms with van der Waals surface area (Å²) in [5, 5.41) is 5.75. The topological polar surface area (TPSA) is 93.5 Å². The minimum atomic E-state index is -0.163. The number of hydrogen-bond donors (Lipinski definition) is 3. The first-order valence-electron chi connectivity index (χ1n) is 8.73. The molecule has 1 aliphatic heterocycles. The highest BCUT2D eigenvalue weighted by Crippen LogP contribution is 2.42. The van der Waals surface area contributed by atoms with Gasteiger partial charge in [-0.05, 0) is 49.7 Å². The first kappa shape index (κ1) is 15.4. The van der Waals surface area contributed by atoms with Crippen LogP contribution in [0.15, 0.2) is 18.2 Å². The number of amides is 2. The number of fused-ring (bicyclic) bond motifs is 3. The summed E-state index contributed by atoms with van der Waals surface area (Å²) in [4.78, 5) is 24.0. The third-order valence-corrected chi connectivity index (χ3v) is 5.67. The second-order valence-electron chi connectivity index (χ2n) is 7.23. The molecule has 0 radical (unpaired) electrons. The van der Waals surface area contributed by atoms with Gasteiger partial charge in [-0.25, -0.2) is 0 Å². The lowest BCUT2D eigenvalue weighted by Crippen LogP contribution is -2.48. The first-order chi connectivity index (χ1) is 11.6. The molecule has 4 rings (SSSR count). The lowest BCUT2D eigenvalue weighted by Gasteiger charge is -2.43. The van der Waals surface area contributed by atoms with Crippen molar-refractivity contribution in [1.82, 2.24) is 0 Å². The van der Waals surface area contributed by atoms with Crippen LogP contribution < -0.4 is 21.1 Å². The average molecular weight is 329 g/mol. The fraction of sp³-hybridized carbons (Fsp3) is 0.556. The predicted octanol–water partition coefficient (Wildman–Crippen LogP) is 2.11. The molecule has 0 spiro atoms. The Hall–Kier alpha value is -2.08. The molecular weight excluding hydrogens is 306 g/mol. The molecule has 128 valence electrons. The standard InChI is InChI=1S/C18H23N3O3/c19-17-10-2-1-3-11(17)7-12(6-10)18(23)20-13-4-5-14-15(8-13)24-9-16(22)21-14/h4-5,8,10-12,17H,1-3,6-7,9,19H2,(H,20,23)(H,21,22). The molecule has 2 fully saturated rings. The zero-order chi connectivity index (χ0) is 16.7. The fourth-order valence-electron chi connectivity index (χ4n) is 4.40. The van der Waals surface area contributed by atoms with Gasteiger partial charge in [0.2, 0.25) is 5.91 Å². The molecule has 24 heavy (non-hydrogen) atoms. The van der Waals surface area contributed by atoms with Gasteiger partial charge in [0, 0.05) is 23.7 Å². The number of anilines is 2.